The highest BCUT2D eigenvalue weighted by molar-refractivity contribution is 6.04. The van der Waals surface area contributed by atoms with E-state index in [9.17, 15) is 14.7 Å². The lowest BCUT2D eigenvalue weighted by molar-refractivity contribution is 0.0669. The van der Waals surface area contributed by atoms with E-state index in [1.807, 2.05) is 4.90 Å². The van der Waals surface area contributed by atoms with E-state index in [2.05, 4.69) is 0 Å². The topological polar surface area (TPSA) is 57.6 Å². The molecular weight excluding hydrogens is 242 g/mol. The lowest BCUT2D eigenvalue weighted by Crippen LogP contribution is -2.35. The average molecular weight is 259 g/mol. The molecule has 2 fully saturated rings. The van der Waals surface area contributed by atoms with Crippen molar-refractivity contribution in [3.05, 3.63) is 35.4 Å². The summed E-state index contributed by atoms with van der Waals surface area (Å²) in [6.07, 6.45) is 4.48. The standard InChI is InChI=1S/C15H17NO3/c17-14(12-3-1-2-4-13(12)15(18)19)16(11-7-8-11)9-10-5-6-10/h1-4,10-11H,5-9H2,(H,18,19). The highest BCUT2D eigenvalue weighted by atomic mass is 16.4. The van der Waals surface area contributed by atoms with Crippen LogP contribution in [0.5, 0.6) is 0 Å². The van der Waals surface area contributed by atoms with Crippen LogP contribution in [-0.2, 0) is 0 Å². The number of carbonyl (C=O) groups is 2. The Bertz CT molecular complexity index is 518. The Morgan fingerprint density at radius 3 is 2.26 bits per heavy atom. The van der Waals surface area contributed by atoms with Crippen LogP contribution in [0.15, 0.2) is 24.3 Å². The summed E-state index contributed by atoms with van der Waals surface area (Å²) in [5, 5.41) is 9.17. The van der Waals surface area contributed by atoms with Gasteiger partial charge in [0.05, 0.1) is 11.1 Å². The third-order valence-corrected chi connectivity index (χ3v) is 3.79. The Labute approximate surface area is 112 Å². The zero-order valence-corrected chi connectivity index (χ0v) is 10.7. The van der Waals surface area contributed by atoms with E-state index >= 15 is 0 Å². The van der Waals surface area contributed by atoms with Crippen molar-refractivity contribution in [3.8, 4) is 0 Å². The maximum absolute atomic E-state index is 12.6. The van der Waals surface area contributed by atoms with Gasteiger partial charge in [-0.15, -0.1) is 0 Å². The molecule has 3 rings (SSSR count). The molecule has 4 heteroatoms. The first-order valence-electron chi connectivity index (χ1n) is 6.80. The zero-order chi connectivity index (χ0) is 13.4. The second-order valence-corrected chi connectivity index (χ2v) is 5.48. The lowest BCUT2D eigenvalue weighted by atomic mass is 10.1. The predicted molar refractivity (Wildman–Crippen MR) is 70.2 cm³/mol. The summed E-state index contributed by atoms with van der Waals surface area (Å²) in [5.41, 5.74) is 0.427. The van der Waals surface area contributed by atoms with Crippen LogP contribution in [0.4, 0.5) is 0 Å². The Kier molecular flexibility index (Phi) is 3.01. The van der Waals surface area contributed by atoms with Gasteiger partial charge in [-0.3, -0.25) is 4.79 Å². The van der Waals surface area contributed by atoms with E-state index in [0.717, 1.165) is 19.4 Å². The predicted octanol–water partition coefficient (Wildman–Crippen LogP) is 2.40. The summed E-state index contributed by atoms with van der Waals surface area (Å²) < 4.78 is 0. The molecule has 0 aromatic heterocycles. The molecule has 0 spiro atoms. The molecule has 1 aromatic carbocycles. The summed E-state index contributed by atoms with van der Waals surface area (Å²) >= 11 is 0. The molecule has 19 heavy (non-hydrogen) atoms. The molecule has 2 aliphatic carbocycles. The molecule has 1 amide bonds. The van der Waals surface area contributed by atoms with Crippen molar-refractivity contribution in [2.45, 2.75) is 31.7 Å². The van der Waals surface area contributed by atoms with Gasteiger partial charge in [0.15, 0.2) is 0 Å². The fraction of sp³-hybridized carbons (Fsp3) is 0.467. The largest absolute Gasteiger partial charge is 0.478 e. The summed E-state index contributed by atoms with van der Waals surface area (Å²) in [4.78, 5) is 25.7. The Morgan fingerprint density at radius 1 is 1.11 bits per heavy atom. The number of carboxylic acid groups (broad SMARTS) is 1. The molecule has 4 nitrogen and oxygen atoms in total. The van der Waals surface area contributed by atoms with Gasteiger partial charge in [-0.1, -0.05) is 12.1 Å². The van der Waals surface area contributed by atoms with Gasteiger partial charge in [0.1, 0.15) is 0 Å². The van der Waals surface area contributed by atoms with Crippen LogP contribution in [-0.4, -0.2) is 34.5 Å². The summed E-state index contributed by atoms with van der Waals surface area (Å²) in [5.74, 6) is -0.528. The smallest absolute Gasteiger partial charge is 0.336 e. The van der Waals surface area contributed by atoms with Crippen LogP contribution in [0.1, 0.15) is 46.4 Å². The normalized spacial score (nSPS) is 18.1. The Balaban J connectivity index is 1.86. The number of hydrogen-bond donors (Lipinski definition) is 1. The van der Waals surface area contributed by atoms with E-state index in [1.165, 1.54) is 18.9 Å². The first-order valence-corrected chi connectivity index (χ1v) is 6.80. The van der Waals surface area contributed by atoms with Gasteiger partial charge in [-0.05, 0) is 43.7 Å². The molecule has 1 aromatic rings. The minimum absolute atomic E-state index is 0.106. The van der Waals surface area contributed by atoms with Crippen molar-refractivity contribution in [2.24, 2.45) is 5.92 Å². The SMILES string of the molecule is O=C(O)c1ccccc1C(=O)N(CC1CC1)C1CC1. The Morgan fingerprint density at radius 2 is 1.74 bits per heavy atom. The molecule has 0 bridgehead atoms. The number of carboxylic acids is 1. The Hall–Kier alpha value is -1.84. The van der Waals surface area contributed by atoms with Crippen molar-refractivity contribution < 1.29 is 14.7 Å². The lowest BCUT2D eigenvalue weighted by Gasteiger charge is -2.23. The van der Waals surface area contributed by atoms with Crippen LogP contribution < -0.4 is 0 Å². The number of nitrogens with zero attached hydrogens (tertiary/aromatic N) is 1. The number of amides is 1. The molecule has 0 heterocycles. The van der Waals surface area contributed by atoms with Crippen LogP contribution in [0.25, 0.3) is 0 Å². The molecule has 1 N–H and O–H groups in total. The molecule has 0 aliphatic heterocycles. The fourth-order valence-corrected chi connectivity index (χ4v) is 2.37. The van der Waals surface area contributed by atoms with Crippen LogP contribution >= 0.6 is 0 Å². The molecule has 2 saturated carbocycles. The summed E-state index contributed by atoms with van der Waals surface area (Å²) in [6, 6.07) is 6.82. The van der Waals surface area contributed by atoms with Crippen LogP contribution in [0.2, 0.25) is 0 Å². The van der Waals surface area contributed by atoms with Gasteiger partial charge in [-0.2, -0.15) is 0 Å². The van der Waals surface area contributed by atoms with E-state index in [-0.39, 0.29) is 11.5 Å². The number of aromatic carboxylic acids is 1. The average Bonchev–Trinajstić information content (AvgIpc) is 3.27. The molecule has 0 unspecified atom stereocenters. The molecule has 0 radical (unpaired) electrons. The van der Waals surface area contributed by atoms with Crippen molar-refractivity contribution >= 4 is 11.9 Å². The number of benzene rings is 1. The number of hydrogen-bond acceptors (Lipinski definition) is 2. The molecule has 0 saturated heterocycles. The first-order chi connectivity index (χ1) is 9.16. The van der Waals surface area contributed by atoms with E-state index in [1.54, 1.807) is 18.2 Å². The quantitative estimate of drug-likeness (QED) is 0.883. The van der Waals surface area contributed by atoms with Gasteiger partial charge < -0.3 is 10.0 Å². The highest BCUT2D eigenvalue weighted by Gasteiger charge is 2.37. The third-order valence-electron chi connectivity index (χ3n) is 3.79. The minimum Gasteiger partial charge on any atom is -0.478 e. The van der Waals surface area contributed by atoms with E-state index in [0.29, 0.717) is 17.5 Å². The number of carbonyl (C=O) groups excluding carboxylic acids is 1. The fourth-order valence-electron chi connectivity index (χ4n) is 2.37. The maximum Gasteiger partial charge on any atom is 0.336 e. The monoisotopic (exact) mass is 259 g/mol. The minimum atomic E-state index is -1.04. The second-order valence-electron chi connectivity index (χ2n) is 5.48. The molecule has 2 aliphatic rings. The van der Waals surface area contributed by atoms with Crippen molar-refractivity contribution in [2.75, 3.05) is 6.54 Å². The zero-order valence-electron chi connectivity index (χ0n) is 10.7. The van der Waals surface area contributed by atoms with E-state index in [4.69, 9.17) is 0 Å². The molecule has 0 atom stereocenters. The highest BCUT2D eigenvalue weighted by Crippen LogP contribution is 2.35. The summed E-state index contributed by atoms with van der Waals surface area (Å²) in [7, 11) is 0. The third kappa shape index (κ3) is 2.62. The first kappa shape index (κ1) is 12.2. The van der Waals surface area contributed by atoms with Gasteiger partial charge in [0.2, 0.25) is 0 Å². The van der Waals surface area contributed by atoms with Gasteiger partial charge >= 0.3 is 5.97 Å². The van der Waals surface area contributed by atoms with Gasteiger partial charge in [-0.25, -0.2) is 4.79 Å². The van der Waals surface area contributed by atoms with Crippen molar-refractivity contribution in [1.82, 2.24) is 4.90 Å². The molecular formula is C15H17NO3. The van der Waals surface area contributed by atoms with Crippen LogP contribution in [0.3, 0.4) is 0 Å². The second kappa shape index (κ2) is 4.68. The van der Waals surface area contributed by atoms with E-state index < -0.39 is 5.97 Å². The van der Waals surface area contributed by atoms with Gasteiger partial charge in [0.25, 0.3) is 5.91 Å². The summed E-state index contributed by atoms with van der Waals surface area (Å²) in [6.45, 7) is 0.789. The van der Waals surface area contributed by atoms with Gasteiger partial charge in [0, 0.05) is 12.6 Å². The maximum atomic E-state index is 12.6. The van der Waals surface area contributed by atoms with Crippen molar-refractivity contribution in [1.29, 1.82) is 0 Å². The van der Waals surface area contributed by atoms with Crippen molar-refractivity contribution in [3.63, 3.8) is 0 Å². The molecule has 100 valence electrons. The number of rotatable bonds is 5. The van der Waals surface area contributed by atoms with Crippen LogP contribution in [0, 0.1) is 5.92 Å².